The van der Waals surface area contributed by atoms with Gasteiger partial charge in [0.2, 0.25) is 0 Å². The van der Waals surface area contributed by atoms with Gasteiger partial charge in [0.15, 0.2) is 8.32 Å². The van der Waals surface area contributed by atoms with Crippen LogP contribution in [-0.4, -0.2) is 25.1 Å². The third kappa shape index (κ3) is 6.84. The molecule has 0 saturated carbocycles. The van der Waals surface area contributed by atoms with E-state index in [-0.39, 0.29) is 18.2 Å². The zero-order chi connectivity index (χ0) is 19.5. The highest BCUT2D eigenvalue weighted by Crippen LogP contribution is 2.37. The maximum atomic E-state index is 11.7. The minimum Gasteiger partial charge on any atom is -0.461 e. The fraction of sp³-hybridized carbons (Fsp3) is 0.722. The standard InChI is InChI=1S/C18H33NO5Si/c1-17(2,3)24-16(21)19-10-15-13(11-20)9-14(23-15)12-22-25(7,8)18(4,5)6/h9,20H,10-12H2,1-8H3,(H,19,21). The summed E-state index contributed by atoms with van der Waals surface area (Å²) >= 11 is 0. The van der Waals surface area contributed by atoms with Gasteiger partial charge in [0.25, 0.3) is 0 Å². The number of amides is 1. The molecule has 144 valence electrons. The summed E-state index contributed by atoms with van der Waals surface area (Å²) in [6.07, 6.45) is -0.521. The van der Waals surface area contributed by atoms with Crippen LogP contribution in [0.5, 0.6) is 0 Å². The van der Waals surface area contributed by atoms with Crippen molar-refractivity contribution in [2.24, 2.45) is 0 Å². The smallest absolute Gasteiger partial charge is 0.408 e. The number of hydrogen-bond acceptors (Lipinski definition) is 5. The quantitative estimate of drug-likeness (QED) is 0.728. The molecular formula is C18H33NO5Si. The molecule has 1 rings (SSSR count). The highest BCUT2D eigenvalue weighted by molar-refractivity contribution is 6.74. The van der Waals surface area contributed by atoms with Crippen LogP contribution < -0.4 is 5.32 Å². The lowest BCUT2D eigenvalue weighted by Crippen LogP contribution is -2.40. The maximum absolute atomic E-state index is 11.7. The van der Waals surface area contributed by atoms with Crippen LogP contribution in [0.15, 0.2) is 10.5 Å². The SMILES string of the molecule is CC(C)(C)OC(=O)NCc1oc(CO[Si](C)(C)C(C)(C)C)cc1CO. The van der Waals surface area contributed by atoms with E-state index >= 15 is 0 Å². The monoisotopic (exact) mass is 371 g/mol. The Morgan fingerprint density at radius 1 is 1.24 bits per heavy atom. The Morgan fingerprint density at radius 2 is 1.84 bits per heavy atom. The predicted molar refractivity (Wildman–Crippen MR) is 99.7 cm³/mol. The second-order valence-corrected chi connectivity index (χ2v) is 13.5. The third-order valence-corrected chi connectivity index (χ3v) is 8.77. The normalized spacial score (nSPS) is 13.0. The molecule has 0 spiro atoms. The molecule has 0 fully saturated rings. The first-order chi connectivity index (χ1) is 11.2. The highest BCUT2D eigenvalue weighted by Gasteiger charge is 2.37. The molecule has 25 heavy (non-hydrogen) atoms. The molecule has 1 aromatic rings. The number of furan rings is 1. The van der Waals surface area contributed by atoms with Gasteiger partial charge in [-0.3, -0.25) is 0 Å². The van der Waals surface area contributed by atoms with Crippen LogP contribution in [0.2, 0.25) is 18.1 Å². The van der Waals surface area contributed by atoms with Gasteiger partial charge in [-0.2, -0.15) is 0 Å². The van der Waals surface area contributed by atoms with Crippen molar-refractivity contribution < 1.29 is 23.5 Å². The minimum absolute atomic E-state index is 0.112. The Morgan fingerprint density at radius 3 is 2.32 bits per heavy atom. The van der Waals surface area contributed by atoms with Gasteiger partial charge in [0.05, 0.1) is 19.8 Å². The summed E-state index contributed by atoms with van der Waals surface area (Å²) in [6.45, 7) is 16.6. The van der Waals surface area contributed by atoms with Crippen molar-refractivity contribution in [3.05, 3.63) is 23.2 Å². The molecule has 0 saturated heterocycles. The molecule has 1 amide bonds. The lowest BCUT2D eigenvalue weighted by Gasteiger charge is -2.35. The molecule has 2 N–H and O–H groups in total. The summed E-state index contributed by atoms with van der Waals surface area (Å²) in [6, 6.07) is 1.78. The van der Waals surface area contributed by atoms with Crippen LogP contribution in [0.3, 0.4) is 0 Å². The second-order valence-electron chi connectivity index (χ2n) is 8.72. The van der Waals surface area contributed by atoms with Crippen LogP contribution in [0.4, 0.5) is 4.79 Å². The third-order valence-electron chi connectivity index (χ3n) is 4.29. The summed E-state index contributed by atoms with van der Waals surface area (Å²) in [7, 11) is -1.88. The van der Waals surface area contributed by atoms with Crippen LogP contribution in [-0.2, 0) is 28.9 Å². The topological polar surface area (TPSA) is 80.9 Å². The summed E-state index contributed by atoms with van der Waals surface area (Å²) < 4.78 is 17.1. The molecule has 0 bridgehead atoms. The summed E-state index contributed by atoms with van der Waals surface area (Å²) in [5.41, 5.74) is 0.0831. The summed E-state index contributed by atoms with van der Waals surface area (Å²) in [5.74, 6) is 1.16. The lowest BCUT2D eigenvalue weighted by molar-refractivity contribution is 0.0519. The molecule has 6 nitrogen and oxygen atoms in total. The molecule has 0 atom stereocenters. The molecular weight excluding hydrogens is 338 g/mol. The Kier molecular flexibility index (Phi) is 6.89. The van der Waals surface area contributed by atoms with E-state index < -0.39 is 20.0 Å². The number of aliphatic hydroxyl groups is 1. The van der Waals surface area contributed by atoms with Crippen molar-refractivity contribution in [1.29, 1.82) is 0 Å². The first kappa shape index (κ1) is 21.7. The number of ether oxygens (including phenoxy) is 1. The average Bonchev–Trinajstić information content (AvgIpc) is 2.82. The van der Waals surface area contributed by atoms with Crippen molar-refractivity contribution in [1.82, 2.24) is 5.32 Å². The summed E-state index contributed by atoms with van der Waals surface area (Å²) in [4.78, 5) is 11.7. The summed E-state index contributed by atoms with van der Waals surface area (Å²) in [5, 5.41) is 12.3. The highest BCUT2D eigenvalue weighted by atomic mass is 28.4. The number of hydrogen-bond donors (Lipinski definition) is 2. The van der Waals surface area contributed by atoms with Crippen molar-refractivity contribution in [3.63, 3.8) is 0 Å². The molecule has 0 aromatic carbocycles. The van der Waals surface area contributed by atoms with Crippen LogP contribution in [0, 0.1) is 0 Å². The minimum atomic E-state index is -1.88. The molecule has 0 aliphatic heterocycles. The van der Waals surface area contributed by atoms with Crippen molar-refractivity contribution in [3.8, 4) is 0 Å². The number of carbonyl (C=O) groups excluding carboxylic acids is 1. The van der Waals surface area contributed by atoms with Crippen molar-refractivity contribution >= 4 is 14.4 Å². The number of carbonyl (C=O) groups is 1. The fourth-order valence-corrected chi connectivity index (χ4v) is 2.75. The van der Waals surface area contributed by atoms with E-state index in [0.29, 0.717) is 23.7 Å². The first-order valence-corrected chi connectivity index (χ1v) is 11.5. The van der Waals surface area contributed by atoms with Gasteiger partial charge in [-0.05, 0) is 45.0 Å². The molecule has 1 heterocycles. The van der Waals surface area contributed by atoms with Crippen molar-refractivity contribution in [2.75, 3.05) is 0 Å². The van der Waals surface area contributed by atoms with E-state index in [1.165, 1.54) is 0 Å². The largest absolute Gasteiger partial charge is 0.461 e. The second kappa shape index (κ2) is 7.93. The van der Waals surface area contributed by atoms with Crippen molar-refractivity contribution in [2.45, 2.75) is 85.0 Å². The van der Waals surface area contributed by atoms with Gasteiger partial charge in [0.1, 0.15) is 17.1 Å². The zero-order valence-electron chi connectivity index (χ0n) is 16.8. The predicted octanol–water partition coefficient (Wildman–Crippen LogP) is 4.32. The fourth-order valence-electron chi connectivity index (χ4n) is 1.82. The van der Waals surface area contributed by atoms with E-state index in [1.54, 1.807) is 26.8 Å². The van der Waals surface area contributed by atoms with E-state index in [0.717, 1.165) is 0 Å². The molecule has 1 aromatic heterocycles. The first-order valence-electron chi connectivity index (χ1n) is 8.57. The van der Waals surface area contributed by atoms with E-state index in [9.17, 15) is 9.90 Å². The average molecular weight is 372 g/mol. The van der Waals surface area contributed by atoms with E-state index in [2.05, 4.69) is 39.2 Å². The number of nitrogens with one attached hydrogen (secondary N) is 1. The molecule has 7 heteroatoms. The number of aliphatic hydroxyl groups excluding tert-OH is 1. The van der Waals surface area contributed by atoms with Crippen LogP contribution >= 0.6 is 0 Å². The number of alkyl carbamates (subject to hydrolysis) is 1. The molecule has 0 unspecified atom stereocenters. The van der Waals surface area contributed by atoms with Gasteiger partial charge in [-0.15, -0.1) is 0 Å². The Balaban J connectivity index is 2.70. The Hall–Kier alpha value is -1.31. The van der Waals surface area contributed by atoms with E-state index in [4.69, 9.17) is 13.6 Å². The molecule has 0 aliphatic rings. The van der Waals surface area contributed by atoms with Gasteiger partial charge >= 0.3 is 6.09 Å². The maximum Gasteiger partial charge on any atom is 0.408 e. The van der Waals surface area contributed by atoms with Gasteiger partial charge in [0, 0.05) is 5.56 Å². The van der Waals surface area contributed by atoms with Crippen LogP contribution in [0.25, 0.3) is 0 Å². The Labute approximate surface area is 152 Å². The lowest BCUT2D eigenvalue weighted by atomic mass is 10.2. The Bertz CT molecular complexity index is 581. The molecule has 0 aliphatic carbocycles. The van der Waals surface area contributed by atoms with Gasteiger partial charge in [-0.1, -0.05) is 20.8 Å². The number of rotatable bonds is 6. The zero-order valence-corrected chi connectivity index (χ0v) is 17.8. The van der Waals surface area contributed by atoms with Gasteiger partial charge in [-0.25, -0.2) is 4.79 Å². The van der Waals surface area contributed by atoms with E-state index in [1.807, 2.05) is 0 Å². The van der Waals surface area contributed by atoms with Crippen LogP contribution in [0.1, 0.15) is 58.6 Å². The molecule has 0 radical (unpaired) electrons. The van der Waals surface area contributed by atoms with Gasteiger partial charge < -0.3 is 24.0 Å².